The topological polar surface area (TPSA) is 20.2 Å². The lowest BCUT2D eigenvalue weighted by molar-refractivity contribution is 0.143. The molecule has 43 heavy (non-hydrogen) atoms. The Morgan fingerprint density at radius 2 is 0.953 bits per heavy atom. The first-order valence-corrected chi connectivity index (χ1v) is 16.4. The minimum Gasteiger partial charge on any atom is -0.378 e. The van der Waals surface area contributed by atoms with Crippen molar-refractivity contribution < 1.29 is 5.11 Å². The molecule has 0 unspecified atom stereocenters. The Hall–Kier alpha value is -4.10. The van der Waals surface area contributed by atoms with E-state index in [9.17, 15) is 5.11 Å². The lowest BCUT2D eigenvalue weighted by Gasteiger charge is -2.14. The summed E-state index contributed by atoms with van der Waals surface area (Å²) < 4.78 is 0. The molecule has 3 heterocycles. The number of aliphatic hydroxyl groups is 1. The molecule has 0 saturated heterocycles. The molecule has 1 nitrogen and oxygen atoms in total. The standard InChI is InChI=1S/C28H26S2.C11H10OS/c1-7-11-27(21(5)13-15-25-19-17-23(9-3)29-25)28(12-8-2)22(6)14-16-26-20-18-24(10-4)30-26;1-4-9-5-6-10(13-9)7-8-11(2,3)12/h3-4,17-20H,7-8,11-12H2,1-2,5-6H3;1,5-6,12H,2-3H3/b27-21+,28-22?;. The zero-order valence-corrected chi connectivity index (χ0v) is 28.1. The van der Waals surface area contributed by atoms with E-state index in [1.807, 2.05) is 36.4 Å². The van der Waals surface area contributed by atoms with Crippen LogP contribution in [0, 0.1) is 72.6 Å². The van der Waals surface area contributed by atoms with Crippen molar-refractivity contribution in [3.05, 3.63) is 88.0 Å². The van der Waals surface area contributed by atoms with Gasteiger partial charge in [-0.2, -0.15) is 0 Å². The van der Waals surface area contributed by atoms with Gasteiger partial charge < -0.3 is 5.11 Å². The van der Waals surface area contributed by atoms with Gasteiger partial charge in [-0.15, -0.1) is 53.3 Å². The molecule has 0 saturated carbocycles. The molecular weight excluding hydrogens is 581 g/mol. The van der Waals surface area contributed by atoms with Crippen molar-refractivity contribution >= 4 is 34.0 Å². The molecule has 0 spiro atoms. The van der Waals surface area contributed by atoms with E-state index in [2.05, 4.69) is 81.0 Å². The number of hydrogen-bond donors (Lipinski definition) is 1. The van der Waals surface area contributed by atoms with Gasteiger partial charge in [0.05, 0.1) is 29.3 Å². The fourth-order valence-electron chi connectivity index (χ4n) is 3.75. The van der Waals surface area contributed by atoms with Crippen molar-refractivity contribution in [2.24, 2.45) is 0 Å². The van der Waals surface area contributed by atoms with Gasteiger partial charge in [0.25, 0.3) is 0 Å². The zero-order chi connectivity index (χ0) is 31.8. The second-order valence-electron chi connectivity index (χ2n) is 9.94. The van der Waals surface area contributed by atoms with E-state index in [4.69, 9.17) is 19.3 Å². The highest BCUT2D eigenvalue weighted by atomic mass is 32.1. The van der Waals surface area contributed by atoms with Crippen LogP contribution < -0.4 is 0 Å². The molecule has 0 aliphatic carbocycles. The fraction of sp³-hybridized carbons (Fsp3) is 0.282. The van der Waals surface area contributed by atoms with Gasteiger partial charge in [0.15, 0.2) is 0 Å². The van der Waals surface area contributed by atoms with Crippen LogP contribution in [0.5, 0.6) is 0 Å². The van der Waals surface area contributed by atoms with E-state index in [0.717, 1.165) is 66.1 Å². The van der Waals surface area contributed by atoms with Gasteiger partial charge in [-0.25, -0.2) is 0 Å². The largest absolute Gasteiger partial charge is 0.378 e. The molecule has 3 rings (SSSR count). The molecule has 3 aromatic rings. The van der Waals surface area contributed by atoms with Crippen molar-refractivity contribution in [3.63, 3.8) is 0 Å². The summed E-state index contributed by atoms with van der Waals surface area (Å²) in [5.41, 5.74) is 3.93. The van der Waals surface area contributed by atoms with E-state index in [1.165, 1.54) is 22.5 Å². The highest BCUT2D eigenvalue weighted by Crippen LogP contribution is 2.27. The fourth-order valence-corrected chi connectivity index (χ4v) is 5.76. The lowest BCUT2D eigenvalue weighted by Crippen LogP contribution is -2.14. The summed E-state index contributed by atoms with van der Waals surface area (Å²) >= 11 is 4.56. The Labute approximate surface area is 271 Å². The van der Waals surface area contributed by atoms with Crippen LogP contribution in [0.15, 0.2) is 58.7 Å². The Balaban J connectivity index is 0.000000413. The van der Waals surface area contributed by atoms with E-state index in [1.54, 1.807) is 36.5 Å². The zero-order valence-electron chi connectivity index (χ0n) is 25.7. The second-order valence-corrected chi connectivity index (χ2v) is 13.2. The van der Waals surface area contributed by atoms with Gasteiger partial charge in [0, 0.05) is 11.1 Å². The van der Waals surface area contributed by atoms with Crippen LogP contribution in [0.3, 0.4) is 0 Å². The molecule has 0 aromatic carbocycles. The molecule has 0 atom stereocenters. The molecule has 1 N–H and O–H groups in total. The summed E-state index contributed by atoms with van der Waals surface area (Å²) in [5, 5.41) is 9.33. The third kappa shape index (κ3) is 12.3. The van der Waals surface area contributed by atoms with Crippen molar-refractivity contribution in [3.8, 4) is 72.6 Å². The van der Waals surface area contributed by atoms with Crippen molar-refractivity contribution in [1.82, 2.24) is 0 Å². The summed E-state index contributed by atoms with van der Waals surface area (Å²) in [6, 6.07) is 11.6. The van der Waals surface area contributed by atoms with Crippen molar-refractivity contribution in [2.75, 3.05) is 0 Å². The van der Waals surface area contributed by atoms with E-state index >= 15 is 0 Å². The molecule has 216 valence electrons. The van der Waals surface area contributed by atoms with Gasteiger partial charge in [0.1, 0.15) is 5.60 Å². The Bertz CT molecular complexity index is 1690. The van der Waals surface area contributed by atoms with Crippen LogP contribution >= 0.6 is 34.0 Å². The molecule has 0 amide bonds. The third-order valence-electron chi connectivity index (χ3n) is 5.75. The number of allylic oxidation sites excluding steroid dienone is 4. The summed E-state index contributed by atoms with van der Waals surface area (Å²) in [6.45, 7) is 11.9. The van der Waals surface area contributed by atoms with Gasteiger partial charge in [-0.1, -0.05) is 80.0 Å². The SMILES string of the molecule is C#Cc1ccc(C#CC(C)(C)O)s1.C#Cc1ccc(C#CC(C)=C(CCC)/C(CCC)=C(\C)C#Cc2ccc(C#C)s2)s1. The first kappa shape index (κ1) is 35.1. The summed E-state index contributed by atoms with van der Waals surface area (Å²) in [4.78, 5) is 5.56. The van der Waals surface area contributed by atoms with E-state index in [0.29, 0.717) is 0 Å². The average molecular weight is 617 g/mol. The van der Waals surface area contributed by atoms with Crippen LogP contribution in [0.25, 0.3) is 0 Å². The Morgan fingerprint density at radius 1 is 0.628 bits per heavy atom. The Kier molecular flexibility index (Phi) is 14.5. The van der Waals surface area contributed by atoms with E-state index in [-0.39, 0.29) is 0 Å². The van der Waals surface area contributed by atoms with Gasteiger partial charge in [0.2, 0.25) is 0 Å². The van der Waals surface area contributed by atoms with Crippen molar-refractivity contribution in [1.29, 1.82) is 0 Å². The predicted molar refractivity (Wildman–Crippen MR) is 189 cm³/mol. The smallest absolute Gasteiger partial charge is 0.120 e. The monoisotopic (exact) mass is 616 g/mol. The number of rotatable bonds is 5. The predicted octanol–water partition coefficient (Wildman–Crippen LogP) is 9.26. The van der Waals surface area contributed by atoms with Crippen LogP contribution in [0.2, 0.25) is 0 Å². The van der Waals surface area contributed by atoms with E-state index < -0.39 is 5.60 Å². The Morgan fingerprint density at radius 3 is 1.23 bits per heavy atom. The molecule has 0 fully saturated rings. The minimum atomic E-state index is -0.944. The molecule has 0 radical (unpaired) electrons. The van der Waals surface area contributed by atoms with Gasteiger partial charge in [-0.3, -0.25) is 0 Å². The van der Waals surface area contributed by atoms with Gasteiger partial charge >= 0.3 is 0 Å². The normalized spacial score (nSPS) is 11.2. The first-order chi connectivity index (χ1) is 20.5. The van der Waals surface area contributed by atoms with Crippen LogP contribution in [-0.2, 0) is 0 Å². The third-order valence-corrected chi connectivity index (χ3v) is 8.55. The quantitative estimate of drug-likeness (QED) is 0.224. The van der Waals surface area contributed by atoms with Crippen LogP contribution in [0.1, 0.15) is 96.5 Å². The maximum Gasteiger partial charge on any atom is 0.120 e. The lowest BCUT2D eigenvalue weighted by atomic mass is 9.90. The van der Waals surface area contributed by atoms with Crippen LogP contribution in [0.4, 0.5) is 0 Å². The maximum atomic E-state index is 9.33. The molecule has 0 aliphatic heterocycles. The van der Waals surface area contributed by atoms with Crippen LogP contribution in [-0.4, -0.2) is 10.7 Å². The summed E-state index contributed by atoms with van der Waals surface area (Å²) in [5.74, 6) is 26.7. The number of hydrogen-bond acceptors (Lipinski definition) is 4. The molecule has 3 aromatic heterocycles. The van der Waals surface area contributed by atoms with Gasteiger partial charge in [-0.05, 0) is 88.1 Å². The molecule has 0 aliphatic rings. The summed E-state index contributed by atoms with van der Waals surface area (Å²) in [7, 11) is 0. The summed E-state index contributed by atoms with van der Waals surface area (Å²) in [6.07, 6.45) is 20.3. The minimum absolute atomic E-state index is 0.861. The first-order valence-electron chi connectivity index (χ1n) is 13.9. The second kappa shape index (κ2) is 17.8. The highest BCUT2D eigenvalue weighted by Gasteiger charge is 2.10. The highest BCUT2D eigenvalue weighted by molar-refractivity contribution is 7.13. The molecule has 4 heteroatoms. The number of thiophene rings is 3. The molecular formula is C39H36OS3. The molecule has 0 bridgehead atoms. The average Bonchev–Trinajstić information content (AvgIpc) is 3.76. The van der Waals surface area contributed by atoms with Crippen molar-refractivity contribution in [2.45, 2.75) is 72.8 Å². The number of terminal acetylenes is 3. The maximum absolute atomic E-state index is 9.33.